The van der Waals surface area contributed by atoms with Gasteiger partial charge in [0.15, 0.2) is 5.82 Å². The molecule has 0 radical (unpaired) electrons. The number of benzene rings is 2. The molecule has 14 nitrogen and oxygen atoms in total. The van der Waals surface area contributed by atoms with Gasteiger partial charge in [-0.1, -0.05) is 43.7 Å². The topological polar surface area (TPSA) is 204 Å². The van der Waals surface area contributed by atoms with Gasteiger partial charge < -0.3 is 19.7 Å². The number of nitrogens with two attached hydrogens (primary N) is 1. The zero-order valence-corrected chi connectivity index (χ0v) is 27.7. The summed E-state index contributed by atoms with van der Waals surface area (Å²) >= 11 is 0. The highest BCUT2D eigenvalue weighted by Gasteiger charge is 2.32. The number of hydrogen-bond acceptors (Lipinski definition) is 10. The van der Waals surface area contributed by atoms with Gasteiger partial charge in [-0.2, -0.15) is 0 Å². The Hall–Kier alpha value is -4.65. The molecule has 3 heterocycles. The lowest BCUT2D eigenvalue weighted by Gasteiger charge is -2.18. The number of aromatic nitrogens is 3. The van der Waals surface area contributed by atoms with Crippen molar-refractivity contribution >= 4 is 59.1 Å². The van der Waals surface area contributed by atoms with Crippen molar-refractivity contribution in [2.75, 3.05) is 5.73 Å². The number of carbonyl (C=O) groups excluding carboxylic acids is 4. The van der Waals surface area contributed by atoms with Gasteiger partial charge in [-0.3, -0.25) is 24.2 Å². The predicted octanol–water partition coefficient (Wildman–Crippen LogP) is 4.62. The van der Waals surface area contributed by atoms with Crippen molar-refractivity contribution in [2.24, 2.45) is 0 Å². The number of aryl methyl sites for hydroxylation is 3. The quantitative estimate of drug-likeness (QED) is 0.116. The fourth-order valence-electron chi connectivity index (χ4n) is 5.87. The molecule has 4 aromatic rings. The van der Waals surface area contributed by atoms with E-state index in [0.717, 1.165) is 40.6 Å². The number of fused-ring (bicyclic) bond motifs is 3. The molecule has 15 heteroatoms. The predicted molar refractivity (Wildman–Crippen MR) is 175 cm³/mol. The first-order valence-electron chi connectivity index (χ1n) is 15.8. The second kappa shape index (κ2) is 14.6. The normalized spacial score (nSPS) is 13.5. The van der Waals surface area contributed by atoms with Crippen LogP contribution >= 0.6 is 7.82 Å². The standard InChI is InChI=1S/C33H38N5O9P/c1-3-4-11-26-36-30-31(24-9-5-6-10-25(24)35-33(30)34)37(26)19-21-17-20(2)32(47-48(43,44)45)22(18-21)13-14-23(39)8-7-12-29(42)46-38-27(40)15-16-28(38)41/h5-6,9-10,17-18H,3-4,7-8,11-16,19H2,1-2H3,(H2,34,35)(H2,43,44,45). The first kappa shape index (κ1) is 34.7. The van der Waals surface area contributed by atoms with Crippen LogP contribution in [0, 0.1) is 6.92 Å². The number of carbonyl (C=O) groups is 4. The molecule has 1 fully saturated rings. The summed E-state index contributed by atoms with van der Waals surface area (Å²) in [5.41, 5.74) is 10.3. The molecule has 0 atom stereocenters. The summed E-state index contributed by atoms with van der Waals surface area (Å²) in [6.45, 7) is 4.15. The monoisotopic (exact) mass is 679 g/mol. The molecule has 0 saturated carbocycles. The van der Waals surface area contributed by atoms with E-state index in [1.54, 1.807) is 19.1 Å². The number of phosphoric acid groups is 1. The molecule has 1 saturated heterocycles. The van der Waals surface area contributed by atoms with E-state index in [2.05, 4.69) is 16.5 Å². The summed E-state index contributed by atoms with van der Waals surface area (Å²) in [7, 11) is -4.92. The maximum absolute atomic E-state index is 12.8. The van der Waals surface area contributed by atoms with Gasteiger partial charge in [-0.05, 0) is 48.9 Å². The van der Waals surface area contributed by atoms with Crippen molar-refractivity contribution in [2.45, 2.75) is 84.6 Å². The van der Waals surface area contributed by atoms with Gasteiger partial charge in [-0.15, -0.1) is 5.06 Å². The number of nitrogens with zero attached hydrogens (tertiary/aromatic N) is 4. The number of anilines is 1. The number of unbranched alkanes of at least 4 members (excludes halogenated alkanes) is 1. The van der Waals surface area contributed by atoms with E-state index >= 15 is 0 Å². The summed E-state index contributed by atoms with van der Waals surface area (Å²) < 4.78 is 19.1. The molecule has 5 rings (SSSR count). The molecule has 2 amide bonds. The average molecular weight is 680 g/mol. The highest BCUT2D eigenvalue weighted by atomic mass is 31.2. The van der Waals surface area contributed by atoms with Crippen LogP contribution in [0.15, 0.2) is 36.4 Å². The summed E-state index contributed by atoms with van der Waals surface area (Å²) in [6.07, 6.45) is 2.67. The van der Waals surface area contributed by atoms with Gasteiger partial charge in [0, 0.05) is 50.5 Å². The Morgan fingerprint density at radius 2 is 1.73 bits per heavy atom. The smallest absolute Gasteiger partial charge is 0.404 e. The molecule has 0 spiro atoms. The minimum atomic E-state index is -4.92. The van der Waals surface area contributed by atoms with Crippen molar-refractivity contribution in [3.8, 4) is 5.75 Å². The Morgan fingerprint density at radius 1 is 1.00 bits per heavy atom. The van der Waals surface area contributed by atoms with Gasteiger partial charge in [0.1, 0.15) is 22.9 Å². The number of phosphoric ester groups is 1. The van der Waals surface area contributed by atoms with Crippen molar-refractivity contribution in [1.29, 1.82) is 0 Å². The molecular weight excluding hydrogens is 641 g/mol. The summed E-state index contributed by atoms with van der Waals surface area (Å²) in [4.78, 5) is 81.8. The Balaban J connectivity index is 1.37. The van der Waals surface area contributed by atoms with Crippen molar-refractivity contribution in [3.63, 3.8) is 0 Å². The van der Waals surface area contributed by atoms with Crippen molar-refractivity contribution in [3.05, 3.63) is 58.9 Å². The number of hydroxylamine groups is 2. The lowest BCUT2D eigenvalue weighted by molar-refractivity contribution is -0.197. The second-order valence-electron chi connectivity index (χ2n) is 11.8. The zero-order chi connectivity index (χ0) is 34.6. The van der Waals surface area contributed by atoms with Crippen LogP contribution < -0.4 is 10.3 Å². The number of para-hydroxylation sites is 1. The maximum Gasteiger partial charge on any atom is 0.524 e. The molecule has 0 aliphatic carbocycles. The van der Waals surface area contributed by atoms with Crippen molar-refractivity contribution in [1.82, 2.24) is 19.6 Å². The van der Waals surface area contributed by atoms with E-state index in [4.69, 9.17) is 20.1 Å². The largest absolute Gasteiger partial charge is 0.524 e. The third-order valence-electron chi connectivity index (χ3n) is 8.11. The summed E-state index contributed by atoms with van der Waals surface area (Å²) in [5, 5.41) is 1.36. The number of rotatable bonds is 15. The number of Topliss-reactive ketones (excluding diaryl/α,β-unsaturated/α-hetero) is 1. The van der Waals surface area contributed by atoms with Crippen LogP contribution in [0.4, 0.5) is 5.82 Å². The van der Waals surface area contributed by atoms with Crippen molar-refractivity contribution < 1.29 is 42.9 Å². The molecule has 254 valence electrons. The van der Waals surface area contributed by atoms with Gasteiger partial charge in [0.25, 0.3) is 11.8 Å². The number of nitrogen functional groups attached to an aromatic ring is 1. The van der Waals surface area contributed by atoms with Gasteiger partial charge in [0.2, 0.25) is 0 Å². The minimum Gasteiger partial charge on any atom is -0.404 e. The van der Waals surface area contributed by atoms with E-state index in [1.165, 1.54) is 0 Å². The molecule has 1 aliphatic heterocycles. The van der Waals surface area contributed by atoms with E-state index in [1.807, 2.05) is 24.3 Å². The Bertz CT molecular complexity index is 1940. The van der Waals surface area contributed by atoms with Gasteiger partial charge in [-0.25, -0.2) is 19.3 Å². The molecule has 48 heavy (non-hydrogen) atoms. The lowest BCUT2D eigenvalue weighted by Crippen LogP contribution is -2.32. The first-order chi connectivity index (χ1) is 22.8. The van der Waals surface area contributed by atoms with Gasteiger partial charge >= 0.3 is 13.8 Å². The number of amides is 2. The molecule has 1 aliphatic rings. The molecular formula is C33H38N5O9P. The third kappa shape index (κ3) is 8.07. The van der Waals surface area contributed by atoms with E-state index in [-0.39, 0.29) is 56.5 Å². The molecule has 0 unspecified atom stereocenters. The number of imidazole rings is 1. The van der Waals surface area contributed by atoms with Crippen LogP contribution in [0.2, 0.25) is 0 Å². The van der Waals surface area contributed by atoms with Crippen LogP contribution in [0.5, 0.6) is 5.75 Å². The molecule has 2 aromatic carbocycles. The zero-order valence-electron chi connectivity index (χ0n) is 26.8. The number of imide groups is 1. The highest BCUT2D eigenvalue weighted by Crippen LogP contribution is 2.42. The van der Waals surface area contributed by atoms with E-state index in [9.17, 15) is 33.5 Å². The fourth-order valence-corrected chi connectivity index (χ4v) is 6.37. The summed E-state index contributed by atoms with van der Waals surface area (Å²) in [5.74, 6) is -0.984. The molecule has 2 aromatic heterocycles. The minimum absolute atomic E-state index is 0.00370. The maximum atomic E-state index is 12.8. The summed E-state index contributed by atoms with van der Waals surface area (Å²) in [6, 6.07) is 11.2. The van der Waals surface area contributed by atoms with Crippen LogP contribution in [0.3, 0.4) is 0 Å². The number of pyridine rings is 1. The average Bonchev–Trinajstić information content (AvgIpc) is 3.55. The molecule has 4 N–H and O–H groups in total. The van der Waals surface area contributed by atoms with Crippen LogP contribution in [-0.2, 0) is 48.0 Å². The van der Waals surface area contributed by atoms with Crippen LogP contribution in [-0.4, -0.2) is 53.0 Å². The Morgan fingerprint density at radius 3 is 2.44 bits per heavy atom. The first-order valence-corrected chi connectivity index (χ1v) is 17.4. The van der Waals surface area contributed by atoms with Crippen LogP contribution in [0.1, 0.15) is 80.8 Å². The van der Waals surface area contributed by atoms with Gasteiger partial charge in [0.05, 0.1) is 11.0 Å². The number of hydrogen-bond donors (Lipinski definition) is 3. The van der Waals surface area contributed by atoms with E-state index in [0.29, 0.717) is 40.5 Å². The van der Waals surface area contributed by atoms with Crippen LogP contribution in [0.25, 0.3) is 21.9 Å². The highest BCUT2D eigenvalue weighted by molar-refractivity contribution is 7.46. The Kier molecular flexibility index (Phi) is 10.6. The second-order valence-corrected chi connectivity index (χ2v) is 13.0. The Labute approximate surface area is 276 Å². The third-order valence-corrected chi connectivity index (χ3v) is 8.53. The number of ketones is 1. The SMILES string of the molecule is CCCCc1nc2c(N)nc3ccccc3c2n1Cc1cc(C)c(OP(=O)(O)O)c(CCC(=O)CCCC(=O)ON2C(=O)CCC2=O)c1. The van der Waals surface area contributed by atoms with E-state index < -0.39 is 25.6 Å². The lowest BCUT2D eigenvalue weighted by atomic mass is 9.98. The fraction of sp³-hybridized carbons (Fsp3) is 0.394. The molecule has 0 bridgehead atoms.